The Balaban J connectivity index is 1.39. The van der Waals surface area contributed by atoms with Gasteiger partial charge in [0.15, 0.2) is 0 Å². The van der Waals surface area contributed by atoms with Crippen molar-refractivity contribution in [1.29, 1.82) is 0 Å². The summed E-state index contributed by atoms with van der Waals surface area (Å²) in [5.74, 6) is -2.24. The molecule has 0 spiro atoms. The highest BCUT2D eigenvalue weighted by atomic mass is 16.5. The molecule has 2 aromatic rings. The minimum Gasteiger partial charge on any atom is -0.467 e. The number of amides is 4. The van der Waals surface area contributed by atoms with Gasteiger partial charge in [-0.2, -0.15) is 0 Å². The minimum atomic E-state index is -1.37. The Morgan fingerprint density at radius 1 is 1.00 bits per heavy atom. The van der Waals surface area contributed by atoms with Crippen LogP contribution in [0, 0.1) is 0 Å². The van der Waals surface area contributed by atoms with Crippen LogP contribution in [0.1, 0.15) is 43.7 Å². The third-order valence-electron chi connectivity index (χ3n) is 7.96. The van der Waals surface area contributed by atoms with Gasteiger partial charge in [-0.1, -0.05) is 60.7 Å². The summed E-state index contributed by atoms with van der Waals surface area (Å²) in [6.45, 7) is 1.63. The molecule has 4 N–H and O–H groups in total. The van der Waals surface area contributed by atoms with Gasteiger partial charge < -0.3 is 35.4 Å². The minimum absolute atomic E-state index is 0.0246. The second kappa shape index (κ2) is 14.1. The molecule has 4 rings (SSSR count). The fraction of sp³-hybridized carbons (Fsp3) is 0.452. The Labute approximate surface area is 250 Å². The first-order chi connectivity index (χ1) is 20.6. The number of alkyl carbamates (subject to hydrolysis) is 1. The normalized spacial score (nSPS) is 21.5. The number of benzene rings is 2. The van der Waals surface area contributed by atoms with Crippen LogP contribution in [-0.2, 0) is 41.7 Å². The summed E-state index contributed by atoms with van der Waals surface area (Å²) in [5, 5.41) is 18.0. The molecule has 2 aliphatic heterocycles. The Morgan fingerprint density at radius 2 is 1.65 bits per heavy atom. The van der Waals surface area contributed by atoms with E-state index in [1.807, 2.05) is 36.4 Å². The zero-order valence-electron chi connectivity index (χ0n) is 24.3. The van der Waals surface area contributed by atoms with Crippen molar-refractivity contribution in [1.82, 2.24) is 20.9 Å². The van der Waals surface area contributed by atoms with Crippen LogP contribution in [0.25, 0.3) is 0 Å². The summed E-state index contributed by atoms with van der Waals surface area (Å²) in [6.07, 6.45) is -0.557. The first kappa shape index (κ1) is 31.5. The number of ether oxygens (including phenoxy) is 2. The molecule has 2 aliphatic rings. The number of rotatable bonds is 11. The standard InChI is InChI=1S/C31H38N4O8/c1-20(36)25(34-30(41)43-19-22-12-7-4-8-13-22)26(37)32-23-14-16-31(15-9-17-35(31)27(23)38)29(40)33-24(28(39)42-2)18-21-10-5-3-6-11-21/h3-8,10-13,20,23-25,36H,9,14-19H2,1-2H3,(H,32,37)(H,33,40)(H,34,41)/t20?,23-,24-,25+,31-/m0/s1. The van der Waals surface area contributed by atoms with Crippen LogP contribution >= 0.6 is 0 Å². The number of nitrogens with zero attached hydrogens (tertiary/aromatic N) is 1. The molecule has 0 saturated carbocycles. The molecule has 43 heavy (non-hydrogen) atoms. The average molecular weight is 595 g/mol. The van der Waals surface area contributed by atoms with Gasteiger partial charge in [0.05, 0.1) is 13.2 Å². The van der Waals surface area contributed by atoms with Crippen molar-refractivity contribution in [3.05, 3.63) is 71.8 Å². The van der Waals surface area contributed by atoms with Crippen LogP contribution in [0.2, 0.25) is 0 Å². The van der Waals surface area contributed by atoms with Crippen LogP contribution in [0.5, 0.6) is 0 Å². The fourth-order valence-electron chi connectivity index (χ4n) is 5.67. The smallest absolute Gasteiger partial charge is 0.408 e. The van der Waals surface area contributed by atoms with Crippen LogP contribution in [-0.4, -0.2) is 83.2 Å². The van der Waals surface area contributed by atoms with Crippen molar-refractivity contribution in [3.63, 3.8) is 0 Å². The highest BCUT2D eigenvalue weighted by Crippen LogP contribution is 2.39. The molecule has 12 heteroatoms. The van der Waals surface area contributed by atoms with Gasteiger partial charge in [-0.05, 0) is 43.7 Å². The predicted molar refractivity (Wildman–Crippen MR) is 154 cm³/mol. The Morgan fingerprint density at radius 3 is 2.28 bits per heavy atom. The van der Waals surface area contributed by atoms with Crippen molar-refractivity contribution in [3.8, 4) is 0 Å². The van der Waals surface area contributed by atoms with E-state index < -0.39 is 59.6 Å². The number of nitrogens with one attached hydrogen (secondary N) is 3. The average Bonchev–Trinajstić information content (AvgIpc) is 3.46. The number of aliphatic hydroxyl groups excluding tert-OH is 1. The summed E-state index contributed by atoms with van der Waals surface area (Å²) in [4.78, 5) is 66.7. The Bertz CT molecular complexity index is 1310. The van der Waals surface area contributed by atoms with E-state index in [4.69, 9.17) is 9.47 Å². The van der Waals surface area contributed by atoms with Crippen molar-refractivity contribution in [2.24, 2.45) is 0 Å². The molecular formula is C31H38N4O8. The second-order valence-electron chi connectivity index (χ2n) is 10.9. The lowest BCUT2D eigenvalue weighted by Crippen LogP contribution is -2.67. The molecule has 0 aromatic heterocycles. The SMILES string of the molecule is COC(=O)[C@H](Cc1ccccc1)NC(=O)[C@@]12CCCN1C(=O)[C@@H](NC(=O)[C@H](NC(=O)OCc1ccccc1)C(C)O)CC2. The van der Waals surface area contributed by atoms with Gasteiger partial charge >= 0.3 is 12.1 Å². The topological polar surface area (TPSA) is 163 Å². The molecule has 4 amide bonds. The van der Waals surface area contributed by atoms with E-state index in [-0.39, 0.29) is 25.9 Å². The molecule has 0 aliphatic carbocycles. The van der Waals surface area contributed by atoms with E-state index in [0.29, 0.717) is 19.4 Å². The molecule has 0 radical (unpaired) electrons. The largest absolute Gasteiger partial charge is 0.467 e. The maximum absolute atomic E-state index is 13.7. The molecule has 2 heterocycles. The van der Waals surface area contributed by atoms with Gasteiger partial charge in [0, 0.05) is 13.0 Å². The molecule has 2 fully saturated rings. The maximum Gasteiger partial charge on any atom is 0.408 e. The van der Waals surface area contributed by atoms with Gasteiger partial charge in [-0.15, -0.1) is 0 Å². The summed E-state index contributed by atoms with van der Waals surface area (Å²) in [5.41, 5.74) is 0.427. The number of carbonyl (C=O) groups excluding carboxylic acids is 5. The molecule has 230 valence electrons. The maximum atomic E-state index is 13.7. The van der Waals surface area contributed by atoms with Gasteiger partial charge in [-0.25, -0.2) is 9.59 Å². The highest BCUT2D eigenvalue weighted by Gasteiger charge is 2.54. The zero-order valence-corrected chi connectivity index (χ0v) is 24.3. The number of carbonyl (C=O) groups is 5. The van der Waals surface area contributed by atoms with Crippen LogP contribution in [0.15, 0.2) is 60.7 Å². The zero-order chi connectivity index (χ0) is 31.0. The van der Waals surface area contributed by atoms with Crippen LogP contribution in [0.3, 0.4) is 0 Å². The van der Waals surface area contributed by atoms with Gasteiger partial charge in [0.2, 0.25) is 17.7 Å². The highest BCUT2D eigenvalue weighted by molar-refractivity contribution is 5.98. The van der Waals surface area contributed by atoms with Crippen molar-refractivity contribution in [2.75, 3.05) is 13.7 Å². The van der Waals surface area contributed by atoms with E-state index in [9.17, 15) is 29.1 Å². The van der Waals surface area contributed by atoms with Crippen molar-refractivity contribution in [2.45, 2.75) is 75.4 Å². The van der Waals surface area contributed by atoms with E-state index in [2.05, 4.69) is 16.0 Å². The number of esters is 1. The van der Waals surface area contributed by atoms with Gasteiger partial charge in [0.1, 0.15) is 30.3 Å². The first-order valence-corrected chi connectivity index (χ1v) is 14.3. The first-order valence-electron chi connectivity index (χ1n) is 14.3. The molecule has 12 nitrogen and oxygen atoms in total. The monoisotopic (exact) mass is 594 g/mol. The third kappa shape index (κ3) is 7.50. The third-order valence-corrected chi connectivity index (χ3v) is 7.96. The van der Waals surface area contributed by atoms with Crippen molar-refractivity contribution < 1.29 is 38.6 Å². The molecule has 5 atom stereocenters. The van der Waals surface area contributed by atoms with E-state index >= 15 is 0 Å². The number of aliphatic hydroxyl groups is 1. The number of hydrogen-bond donors (Lipinski definition) is 4. The van der Waals surface area contributed by atoms with Gasteiger partial charge in [-0.3, -0.25) is 14.4 Å². The quantitative estimate of drug-likeness (QED) is 0.282. The lowest BCUT2D eigenvalue weighted by atomic mass is 9.83. The Kier molecular flexibility index (Phi) is 10.4. The summed E-state index contributed by atoms with van der Waals surface area (Å²) in [7, 11) is 1.25. The fourth-order valence-corrected chi connectivity index (χ4v) is 5.67. The number of fused-ring (bicyclic) bond motifs is 1. The molecular weight excluding hydrogens is 556 g/mol. The van der Waals surface area contributed by atoms with Gasteiger partial charge in [0.25, 0.3) is 0 Å². The lowest BCUT2D eigenvalue weighted by molar-refractivity contribution is -0.154. The predicted octanol–water partition coefficient (Wildman–Crippen LogP) is 1.20. The second-order valence-corrected chi connectivity index (χ2v) is 10.9. The molecule has 1 unspecified atom stereocenters. The number of hydrogen-bond acceptors (Lipinski definition) is 8. The number of piperidine rings is 1. The molecule has 2 saturated heterocycles. The molecule has 2 aromatic carbocycles. The summed E-state index contributed by atoms with van der Waals surface area (Å²) >= 11 is 0. The lowest BCUT2D eigenvalue weighted by Gasteiger charge is -2.44. The Hall–Kier alpha value is -4.45. The van der Waals surface area contributed by atoms with Crippen molar-refractivity contribution >= 4 is 29.8 Å². The summed E-state index contributed by atoms with van der Waals surface area (Å²) < 4.78 is 10.1. The van der Waals surface area contributed by atoms with Crippen LogP contribution in [0.4, 0.5) is 4.79 Å². The summed E-state index contributed by atoms with van der Waals surface area (Å²) in [6, 6.07) is 14.9. The number of methoxy groups -OCH3 is 1. The van der Waals surface area contributed by atoms with E-state index in [1.54, 1.807) is 24.3 Å². The van der Waals surface area contributed by atoms with E-state index in [0.717, 1.165) is 11.1 Å². The molecule has 0 bridgehead atoms. The van der Waals surface area contributed by atoms with Crippen LogP contribution < -0.4 is 16.0 Å². The van der Waals surface area contributed by atoms with E-state index in [1.165, 1.54) is 18.9 Å².